The number of piperazine rings is 1. The van der Waals surface area contributed by atoms with Crippen LogP contribution in [0.1, 0.15) is 29.6 Å². The Morgan fingerprint density at radius 2 is 1.65 bits per heavy atom. The quantitative estimate of drug-likeness (QED) is 0.721. The summed E-state index contributed by atoms with van der Waals surface area (Å²) in [6, 6.07) is 17.1. The van der Waals surface area contributed by atoms with E-state index in [9.17, 15) is 14.4 Å². The monoisotopic (exact) mass is 420 g/mol. The summed E-state index contributed by atoms with van der Waals surface area (Å²) in [5.41, 5.74) is 2.27. The van der Waals surface area contributed by atoms with Crippen molar-refractivity contribution in [3.8, 4) is 0 Å². The highest BCUT2D eigenvalue weighted by atomic mass is 16.2. The van der Waals surface area contributed by atoms with Crippen molar-refractivity contribution in [3.05, 3.63) is 60.2 Å². The molecule has 31 heavy (non-hydrogen) atoms. The highest BCUT2D eigenvalue weighted by molar-refractivity contribution is 5.98. The van der Waals surface area contributed by atoms with Gasteiger partial charge < -0.3 is 20.4 Å². The minimum absolute atomic E-state index is 0.00974. The van der Waals surface area contributed by atoms with E-state index < -0.39 is 0 Å². The van der Waals surface area contributed by atoms with Crippen LogP contribution >= 0.6 is 0 Å². The van der Waals surface area contributed by atoms with Crippen LogP contribution in [0.25, 0.3) is 0 Å². The Hall–Kier alpha value is -3.35. The fourth-order valence-electron chi connectivity index (χ4n) is 3.72. The van der Waals surface area contributed by atoms with Crippen LogP contribution in [0.5, 0.6) is 0 Å². The van der Waals surface area contributed by atoms with Crippen LogP contribution in [0, 0.1) is 5.92 Å². The Bertz CT molecular complexity index is 935. The van der Waals surface area contributed by atoms with Gasteiger partial charge in [-0.25, -0.2) is 0 Å². The Labute approximate surface area is 182 Å². The third-order valence-electron chi connectivity index (χ3n) is 5.72. The van der Waals surface area contributed by atoms with Gasteiger partial charge in [0.15, 0.2) is 0 Å². The van der Waals surface area contributed by atoms with Gasteiger partial charge in [-0.2, -0.15) is 0 Å². The molecule has 0 radical (unpaired) electrons. The zero-order valence-electron chi connectivity index (χ0n) is 17.5. The van der Waals surface area contributed by atoms with E-state index >= 15 is 0 Å². The van der Waals surface area contributed by atoms with Crippen LogP contribution in [0.15, 0.2) is 54.6 Å². The molecular weight excluding hydrogens is 392 g/mol. The van der Waals surface area contributed by atoms with E-state index in [0.717, 1.165) is 25.9 Å². The van der Waals surface area contributed by atoms with E-state index in [0.29, 0.717) is 24.3 Å². The first-order valence-corrected chi connectivity index (χ1v) is 10.9. The molecule has 2 aromatic carbocycles. The number of para-hydroxylation sites is 1. The van der Waals surface area contributed by atoms with Gasteiger partial charge in [0.25, 0.3) is 5.91 Å². The molecule has 2 aromatic rings. The third-order valence-corrected chi connectivity index (χ3v) is 5.72. The molecule has 0 bridgehead atoms. The molecule has 0 atom stereocenters. The molecule has 0 aromatic heterocycles. The van der Waals surface area contributed by atoms with Crippen LogP contribution < -0.4 is 15.5 Å². The van der Waals surface area contributed by atoms with E-state index in [1.54, 1.807) is 24.3 Å². The van der Waals surface area contributed by atoms with Gasteiger partial charge in [0.05, 0.1) is 0 Å². The second kappa shape index (κ2) is 9.64. The highest BCUT2D eigenvalue weighted by Gasteiger charge is 2.29. The first-order chi connectivity index (χ1) is 15.1. The van der Waals surface area contributed by atoms with E-state index in [1.165, 1.54) is 5.69 Å². The molecule has 0 unspecified atom stereocenters. The Kier molecular flexibility index (Phi) is 6.50. The van der Waals surface area contributed by atoms with E-state index in [4.69, 9.17) is 0 Å². The molecule has 3 amide bonds. The second-order valence-electron chi connectivity index (χ2n) is 8.05. The van der Waals surface area contributed by atoms with Gasteiger partial charge >= 0.3 is 0 Å². The maximum absolute atomic E-state index is 12.5. The summed E-state index contributed by atoms with van der Waals surface area (Å²) >= 11 is 0. The Morgan fingerprint density at radius 1 is 0.903 bits per heavy atom. The summed E-state index contributed by atoms with van der Waals surface area (Å²) in [7, 11) is 0. The fraction of sp³-hybridized carbons (Fsp3) is 0.375. The van der Waals surface area contributed by atoms with Gasteiger partial charge in [0.1, 0.15) is 0 Å². The normalized spacial score (nSPS) is 16.0. The van der Waals surface area contributed by atoms with Crippen LogP contribution in [0.4, 0.5) is 11.4 Å². The molecule has 7 nitrogen and oxygen atoms in total. The summed E-state index contributed by atoms with van der Waals surface area (Å²) in [6.07, 6.45) is 2.14. The predicted molar refractivity (Wildman–Crippen MR) is 120 cm³/mol. The lowest BCUT2D eigenvalue weighted by atomic mass is 10.1. The molecule has 2 aliphatic rings. The second-order valence-corrected chi connectivity index (χ2v) is 8.05. The van der Waals surface area contributed by atoms with Crippen LogP contribution in [0.2, 0.25) is 0 Å². The van der Waals surface area contributed by atoms with E-state index in [2.05, 4.69) is 27.7 Å². The molecule has 2 N–H and O–H groups in total. The number of hydrogen-bond donors (Lipinski definition) is 2. The van der Waals surface area contributed by atoms with Crippen molar-refractivity contribution in [2.24, 2.45) is 5.92 Å². The Balaban J connectivity index is 1.20. The van der Waals surface area contributed by atoms with Crippen LogP contribution in [-0.4, -0.2) is 55.3 Å². The summed E-state index contributed by atoms with van der Waals surface area (Å²) in [5.74, 6) is -0.0729. The summed E-state index contributed by atoms with van der Waals surface area (Å²) in [5, 5.41) is 5.66. The molecule has 0 spiro atoms. The van der Waals surface area contributed by atoms with Gasteiger partial charge in [-0.1, -0.05) is 24.3 Å². The SMILES string of the molecule is O=C(NCCC(=O)N1CCN(c2ccccc2)CC1)c1cccc(NC(=O)C2CC2)c1. The molecule has 1 heterocycles. The predicted octanol–water partition coefficient (Wildman–Crippen LogP) is 2.50. The highest BCUT2D eigenvalue weighted by Crippen LogP contribution is 2.30. The van der Waals surface area contributed by atoms with Gasteiger partial charge in [0, 0.05) is 62.0 Å². The maximum Gasteiger partial charge on any atom is 0.251 e. The van der Waals surface area contributed by atoms with Crippen molar-refractivity contribution in [3.63, 3.8) is 0 Å². The standard InChI is InChI=1S/C24H28N4O3/c29-22(28-15-13-27(14-16-28)21-7-2-1-3-8-21)11-12-25-23(30)19-5-4-6-20(17-19)26-24(31)18-9-10-18/h1-8,17-18H,9-16H2,(H,25,30)(H,26,31). The molecule has 1 aliphatic carbocycles. The lowest BCUT2D eigenvalue weighted by molar-refractivity contribution is -0.131. The molecule has 7 heteroatoms. The summed E-state index contributed by atoms with van der Waals surface area (Å²) in [4.78, 5) is 41.0. The van der Waals surface area contributed by atoms with Crippen molar-refractivity contribution in [1.29, 1.82) is 0 Å². The molecule has 1 saturated heterocycles. The molecule has 1 aliphatic heterocycles. The number of nitrogens with zero attached hydrogens (tertiary/aromatic N) is 2. The number of benzene rings is 2. The van der Waals surface area contributed by atoms with E-state index in [1.807, 2.05) is 23.1 Å². The van der Waals surface area contributed by atoms with Crippen LogP contribution in [0.3, 0.4) is 0 Å². The van der Waals surface area contributed by atoms with Crippen molar-refractivity contribution in [1.82, 2.24) is 10.2 Å². The number of anilines is 2. The van der Waals surface area contributed by atoms with Crippen molar-refractivity contribution in [2.75, 3.05) is 42.9 Å². The van der Waals surface area contributed by atoms with Crippen molar-refractivity contribution < 1.29 is 14.4 Å². The number of carbonyl (C=O) groups excluding carboxylic acids is 3. The topological polar surface area (TPSA) is 81.8 Å². The smallest absolute Gasteiger partial charge is 0.251 e. The lowest BCUT2D eigenvalue weighted by Gasteiger charge is -2.36. The number of nitrogens with one attached hydrogen (secondary N) is 2. The fourth-order valence-corrected chi connectivity index (χ4v) is 3.72. The minimum Gasteiger partial charge on any atom is -0.368 e. The molecule has 1 saturated carbocycles. The zero-order chi connectivity index (χ0) is 21.6. The zero-order valence-corrected chi connectivity index (χ0v) is 17.5. The molecule has 2 fully saturated rings. The first-order valence-electron chi connectivity index (χ1n) is 10.9. The average molecular weight is 421 g/mol. The molecular formula is C24H28N4O3. The number of rotatable bonds is 7. The van der Waals surface area contributed by atoms with Gasteiger partial charge in [-0.05, 0) is 43.2 Å². The molecule has 162 valence electrons. The van der Waals surface area contributed by atoms with Gasteiger partial charge in [-0.15, -0.1) is 0 Å². The van der Waals surface area contributed by atoms with Crippen molar-refractivity contribution in [2.45, 2.75) is 19.3 Å². The number of carbonyl (C=O) groups is 3. The van der Waals surface area contributed by atoms with Crippen LogP contribution in [-0.2, 0) is 9.59 Å². The van der Waals surface area contributed by atoms with Gasteiger partial charge in [0.2, 0.25) is 11.8 Å². The number of amides is 3. The minimum atomic E-state index is -0.246. The largest absolute Gasteiger partial charge is 0.368 e. The lowest BCUT2D eigenvalue weighted by Crippen LogP contribution is -2.49. The maximum atomic E-state index is 12.5. The first kappa shape index (κ1) is 20.9. The van der Waals surface area contributed by atoms with Crippen molar-refractivity contribution >= 4 is 29.1 Å². The Morgan fingerprint density at radius 3 is 2.35 bits per heavy atom. The number of hydrogen-bond acceptors (Lipinski definition) is 4. The summed E-state index contributed by atoms with van der Waals surface area (Å²) in [6.45, 7) is 3.27. The third kappa shape index (κ3) is 5.63. The average Bonchev–Trinajstić information content (AvgIpc) is 3.65. The molecule has 4 rings (SSSR count). The van der Waals surface area contributed by atoms with E-state index in [-0.39, 0.29) is 36.6 Å². The summed E-state index contributed by atoms with van der Waals surface area (Å²) < 4.78 is 0. The van der Waals surface area contributed by atoms with Gasteiger partial charge in [-0.3, -0.25) is 14.4 Å².